The minimum Gasteiger partial charge on any atom is -0.336 e. The molecule has 0 aliphatic carbocycles. The average molecular weight is 243 g/mol. The van der Waals surface area contributed by atoms with E-state index in [0.717, 1.165) is 5.56 Å². The Labute approximate surface area is 105 Å². The van der Waals surface area contributed by atoms with E-state index in [0.29, 0.717) is 25.2 Å². The largest absolute Gasteiger partial charge is 0.336 e. The summed E-state index contributed by atoms with van der Waals surface area (Å²) in [7, 11) is 1.61. The van der Waals surface area contributed by atoms with Crippen LogP contribution in [0, 0.1) is 11.3 Å². The lowest BCUT2D eigenvalue weighted by molar-refractivity contribution is -0.145. The van der Waals surface area contributed by atoms with Crippen molar-refractivity contribution in [3.05, 3.63) is 29.8 Å². The predicted octanol–water partition coefficient (Wildman–Crippen LogP) is 0.558. The smallest absolute Gasteiger partial charge is 0.316 e. The van der Waals surface area contributed by atoms with Crippen molar-refractivity contribution in [3.8, 4) is 6.07 Å². The van der Waals surface area contributed by atoms with Crippen LogP contribution in [0.15, 0.2) is 24.3 Å². The summed E-state index contributed by atoms with van der Waals surface area (Å²) in [5.41, 5.74) is 1.52. The first kappa shape index (κ1) is 12.1. The molecule has 2 amide bonds. The summed E-state index contributed by atoms with van der Waals surface area (Å²) in [5, 5.41) is 8.66. The molecule has 0 atom stereocenters. The van der Waals surface area contributed by atoms with Gasteiger partial charge in [-0.2, -0.15) is 5.26 Å². The number of likely N-dealkylation sites (N-methyl/N-ethyl adjacent to an activating group) is 1. The molecule has 1 aromatic rings. The fourth-order valence-electron chi connectivity index (χ4n) is 1.90. The second-order valence-electron chi connectivity index (χ2n) is 4.19. The van der Waals surface area contributed by atoms with Crippen molar-refractivity contribution in [2.45, 2.75) is 6.42 Å². The molecule has 1 heterocycles. The van der Waals surface area contributed by atoms with Gasteiger partial charge in [0.1, 0.15) is 0 Å². The highest BCUT2D eigenvalue weighted by atomic mass is 16.2. The first-order valence-corrected chi connectivity index (χ1v) is 5.66. The van der Waals surface area contributed by atoms with E-state index in [1.54, 1.807) is 25.2 Å². The molecule has 0 unspecified atom stereocenters. The number of carbonyl (C=O) groups is 2. The van der Waals surface area contributed by atoms with Crippen molar-refractivity contribution >= 4 is 17.5 Å². The number of piperazine rings is 1. The van der Waals surface area contributed by atoms with Crippen LogP contribution in [-0.4, -0.2) is 36.9 Å². The highest BCUT2D eigenvalue weighted by molar-refractivity contribution is 6.40. The fourth-order valence-corrected chi connectivity index (χ4v) is 1.90. The molecule has 92 valence electrons. The van der Waals surface area contributed by atoms with Gasteiger partial charge in [-0.3, -0.25) is 9.59 Å². The van der Waals surface area contributed by atoms with Crippen LogP contribution < -0.4 is 4.90 Å². The molecule has 1 saturated heterocycles. The van der Waals surface area contributed by atoms with E-state index >= 15 is 0 Å². The van der Waals surface area contributed by atoms with Crippen molar-refractivity contribution in [1.82, 2.24) is 4.90 Å². The zero-order chi connectivity index (χ0) is 13.1. The number of benzene rings is 1. The van der Waals surface area contributed by atoms with Gasteiger partial charge < -0.3 is 9.80 Å². The van der Waals surface area contributed by atoms with Crippen molar-refractivity contribution in [2.75, 3.05) is 25.0 Å². The first-order valence-electron chi connectivity index (χ1n) is 5.66. The SMILES string of the molecule is CN1CCN(c2cccc(CC#N)c2)C(=O)C1=O. The van der Waals surface area contributed by atoms with E-state index in [1.807, 2.05) is 6.07 Å². The third-order valence-electron chi connectivity index (χ3n) is 2.94. The van der Waals surface area contributed by atoms with Gasteiger partial charge >= 0.3 is 11.8 Å². The van der Waals surface area contributed by atoms with Gasteiger partial charge in [-0.1, -0.05) is 12.1 Å². The van der Waals surface area contributed by atoms with Gasteiger partial charge in [0.2, 0.25) is 0 Å². The Bertz CT molecular complexity index is 533. The Morgan fingerprint density at radius 1 is 1.28 bits per heavy atom. The van der Waals surface area contributed by atoms with Crippen LogP contribution in [0.1, 0.15) is 5.56 Å². The Morgan fingerprint density at radius 2 is 2.06 bits per heavy atom. The maximum absolute atomic E-state index is 11.9. The van der Waals surface area contributed by atoms with E-state index in [1.165, 1.54) is 9.80 Å². The lowest BCUT2D eigenvalue weighted by atomic mass is 10.1. The second kappa shape index (κ2) is 4.88. The molecule has 0 saturated carbocycles. The second-order valence-corrected chi connectivity index (χ2v) is 4.19. The maximum atomic E-state index is 11.9. The van der Waals surface area contributed by atoms with E-state index in [9.17, 15) is 9.59 Å². The number of rotatable bonds is 2. The molecule has 1 aliphatic heterocycles. The third kappa shape index (κ3) is 2.18. The lowest BCUT2D eigenvalue weighted by Crippen LogP contribution is -2.53. The van der Waals surface area contributed by atoms with Gasteiger partial charge in [0.25, 0.3) is 0 Å². The van der Waals surface area contributed by atoms with Gasteiger partial charge in [0.15, 0.2) is 0 Å². The molecule has 18 heavy (non-hydrogen) atoms. The van der Waals surface area contributed by atoms with E-state index in [4.69, 9.17) is 5.26 Å². The first-order chi connectivity index (χ1) is 8.63. The molecule has 0 N–H and O–H groups in total. The fraction of sp³-hybridized carbons (Fsp3) is 0.308. The number of hydrogen-bond donors (Lipinski definition) is 0. The quantitative estimate of drug-likeness (QED) is 0.713. The van der Waals surface area contributed by atoms with Gasteiger partial charge in [-0.15, -0.1) is 0 Å². The molecule has 0 aromatic heterocycles. The zero-order valence-electron chi connectivity index (χ0n) is 10.1. The summed E-state index contributed by atoms with van der Waals surface area (Å²) < 4.78 is 0. The summed E-state index contributed by atoms with van der Waals surface area (Å²) in [6.07, 6.45) is 0.295. The summed E-state index contributed by atoms with van der Waals surface area (Å²) in [4.78, 5) is 26.4. The van der Waals surface area contributed by atoms with Crippen LogP contribution >= 0.6 is 0 Å². The zero-order valence-corrected chi connectivity index (χ0v) is 10.1. The van der Waals surface area contributed by atoms with Crippen LogP contribution in [0.2, 0.25) is 0 Å². The van der Waals surface area contributed by atoms with Crippen molar-refractivity contribution in [2.24, 2.45) is 0 Å². The summed E-state index contributed by atoms with van der Waals surface area (Å²) in [5.74, 6) is -1.01. The highest BCUT2D eigenvalue weighted by Gasteiger charge is 2.31. The number of amides is 2. The average Bonchev–Trinajstić information content (AvgIpc) is 2.37. The summed E-state index contributed by atoms with van der Waals surface area (Å²) in [6, 6.07) is 9.23. The standard InChI is InChI=1S/C13H13N3O2/c1-15-7-8-16(13(18)12(15)17)11-4-2-3-10(9-11)5-6-14/h2-4,9H,5,7-8H2,1H3. The van der Waals surface area contributed by atoms with Crippen LogP contribution in [0.5, 0.6) is 0 Å². The van der Waals surface area contributed by atoms with Crippen LogP contribution in [-0.2, 0) is 16.0 Å². The third-order valence-corrected chi connectivity index (χ3v) is 2.94. The molecule has 5 nitrogen and oxygen atoms in total. The number of anilines is 1. The molecule has 0 radical (unpaired) electrons. The van der Waals surface area contributed by atoms with Gasteiger partial charge in [0, 0.05) is 25.8 Å². The van der Waals surface area contributed by atoms with Crippen molar-refractivity contribution < 1.29 is 9.59 Å². The number of nitriles is 1. The monoisotopic (exact) mass is 243 g/mol. The van der Waals surface area contributed by atoms with Crippen molar-refractivity contribution in [1.29, 1.82) is 5.26 Å². The van der Waals surface area contributed by atoms with Crippen molar-refractivity contribution in [3.63, 3.8) is 0 Å². The molecular formula is C13H13N3O2. The van der Waals surface area contributed by atoms with Crippen LogP contribution in [0.4, 0.5) is 5.69 Å². The van der Waals surface area contributed by atoms with E-state index in [2.05, 4.69) is 6.07 Å². The molecule has 1 aliphatic rings. The van der Waals surface area contributed by atoms with Gasteiger partial charge in [0.05, 0.1) is 12.5 Å². The Morgan fingerprint density at radius 3 is 2.78 bits per heavy atom. The molecule has 1 fully saturated rings. The maximum Gasteiger partial charge on any atom is 0.316 e. The molecule has 1 aromatic carbocycles. The number of nitrogens with zero attached hydrogens (tertiary/aromatic N) is 3. The molecule has 0 spiro atoms. The molecular weight excluding hydrogens is 230 g/mol. The number of carbonyl (C=O) groups excluding carboxylic acids is 2. The van der Waals surface area contributed by atoms with Gasteiger partial charge in [-0.05, 0) is 17.7 Å². The summed E-state index contributed by atoms with van der Waals surface area (Å²) >= 11 is 0. The Hall–Kier alpha value is -2.35. The summed E-state index contributed by atoms with van der Waals surface area (Å²) in [6.45, 7) is 1.00. The Kier molecular flexibility index (Phi) is 3.28. The van der Waals surface area contributed by atoms with E-state index < -0.39 is 11.8 Å². The minimum atomic E-state index is -0.516. The molecule has 0 bridgehead atoms. The topological polar surface area (TPSA) is 64.4 Å². The number of hydrogen-bond acceptors (Lipinski definition) is 3. The molecule has 2 rings (SSSR count). The normalized spacial score (nSPS) is 15.8. The lowest BCUT2D eigenvalue weighted by Gasteiger charge is -2.31. The van der Waals surface area contributed by atoms with E-state index in [-0.39, 0.29) is 0 Å². The van der Waals surface area contributed by atoms with Crippen LogP contribution in [0.25, 0.3) is 0 Å². The van der Waals surface area contributed by atoms with Gasteiger partial charge in [-0.25, -0.2) is 0 Å². The minimum absolute atomic E-state index is 0.295. The highest BCUT2D eigenvalue weighted by Crippen LogP contribution is 2.19. The predicted molar refractivity (Wildman–Crippen MR) is 65.7 cm³/mol. The molecule has 5 heteroatoms. The van der Waals surface area contributed by atoms with Crippen LogP contribution in [0.3, 0.4) is 0 Å². The Balaban J connectivity index is 2.26.